The Morgan fingerprint density at radius 2 is 1.96 bits per heavy atom. The minimum atomic E-state index is -4.45. The van der Waals surface area contributed by atoms with Crippen LogP contribution >= 0.6 is 22.9 Å². The van der Waals surface area contributed by atoms with Crippen molar-refractivity contribution >= 4 is 33.0 Å². The molecule has 0 aliphatic heterocycles. The molecule has 0 saturated carbocycles. The molecule has 1 aromatic heterocycles. The van der Waals surface area contributed by atoms with Gasteiger partial charge in [-0.2, -0.15) is 17.9 Å². The summed E-state index contributed by atoms with van der Waals surface area (Å²) in [7, 11) is -3.72. The van der Waals surface area contributed by atoms with E-state index >= 15 is 0 Å². The molecule has 0 unspecified atom stereocenters. The summed E-state index contributed by atoms with van der Waals surface area (Å²) in [6, 6.07) is 7.31. The molecule has 122 valence electrons. The predicted octanol–water partition coefficient (Wildman–Crippen LogP) is 3.75. The van der Waals surface area contributed by atoms with E-state index in [-0.39, 0.29) is 16.3 Å². The first-order valence-electron chi connectivity index (χ1n) is 6.09. The molecule has 1 N–H and O–H groups in total. The molecule has 1 heterocycles. The number of rotatable bonds is 3. The van der Waals surface area contributed by atoms with Gasteiger partial charge >= 0.3 is 6.18 Å². The average Bonchev–Trinajstić information content (AvgIpc) is 2.91. The smallest absolute Gasteiger partial charge is 0.206 e. The van der Waals surface area contributed by atoms with Gasteiger partial charge in [-0.05, 0) is 30.3 Å². The summed E-state index contributed by atoms with van der Waals surface area (Å²) < 4.78 is 64.0. The SMILES string of the molecule is O=S(=O)(NCC#Cc1cccc(C(F)(F)F)c1)c1ccc(Cl)s1. The van der Waals surface area contributed by atoms with Crippen LogP contribution in [0.5, 0.6) is 0 Å². The Hall–Kier alpha value is -1.53. The largest absolute Gasteiger partial charge is 0.416 e. The topological polar surface area (TPSA) is 46.2 Å². The summed E-state index contributed by atoms with van der Waals surface area (Å²) >= 11 is 6.56. The lowest BCUT2D eigenvalue weighted by Gasteiger charge is -2.05. The van der Waals surface area contributed by atoms with Gasteiger partial charge in [-0.15, -0.1) is 11.3 Å². The zero-order valence-corrected chi connectivity index (χ0v) is 13.7. The Morgan fingerprint density at radius 3 is 2.57 bits per heavy atom. The van der Waals surface area contributed by atoms with Gasteiger partial charge in [0.05, 0.1) is 16.4 Å². The van der Waals surface area contributed by atoms with Crippen molar-refractivity contribution in [3.05, 3.63) is 51.9 Å². The minimum Gasteiger partial charge on any atom is -0.206 e. The number of halogens is 4. The quantitative estimate of drug-likeness (QED) is 0.825. The zero-order chi connectivity index (χ0) is 17.1. The summed E-state index contributed by atoms with van der Waals surface area (Å²) in [6.07, 6.45) is -4.45. The van der Waals surface area contributed by atoms with E-state index in [1.165, 1.54) is 24.3 Å². The summed E-state index contributed by atoms with van der Waals surface area (Å²) in [6.45, 7) is -0.228. The second-order valence-corrected chi connectivity index (χ2v) is 7.97. The predicted molar refractivity (Wildman–Crippen MR) is 82.8 cm³/mol. The van der Waals surface area contributed by atoms with Crippen molar-refractivity contribution in [2.45, 2.75) is 10.4 Å². The van der Waals surface area contributed by atoms with Crippen LogP contribution in [0.1, 0.15) is 11.1 Å². The van der Waals surface area contributed by atoms with Crippen LogP contribution in [0.15, 0.2) is 40.6 Å². The van der Waals surface area contributed by atoms with Crippen LogP contribution in [-0.4, -0.2) is 15.0 Å². The van der Waals surface area contributed by atoms with Gasteiger partial charge < -0.3 is 0 Å². The molecule has 0 spiro atoms. The van der Waals surface area contributed by atoms with E-state index in [0.29, 0.717) is 4.34 Å². The van der Waals surface area contributed by atoms with E-state index in [2.05, 4.69) is 16.6 Å². The van der Waals surface area contributed by atoms with E-state index in [9.17, 15) is 21.6 Å². The number of hydrogen-bond donors (Lipinski definition) is 1. The van der Waals surface area contributed by atoms with Crippen LogP contribution in [-0.2, 0) is 16.2 Å². The summed E-state index contributed by atoms with van der Waals surface area (Å²) in [5, 5.41) is 0. The molecule has 0 amide bonds. The maximum atomic E-state index is 12.6. The van der Waals surface area contributed by atoms with E-state index in [0.717, 1.165) is 23.5 Å². The van der Waals surface area contributed by atoms with Crippen molar-refractivity contribution in [3.63, 3.8) is 0 Å². The van der Waals surface area contributed by atoms with Crippen LogP contribution in [0.3, 0.4) is 0 Å². The molecule has 0 radical (unpaired) electrons. The lowest BCUT2D eigenvalue weighted by molar-refractivity contribution is -0.137. The monoisotopic (exact) mass is 379 g/mol. The molecule has 0 fully saturated rings. The van der Waals surface area contributed by atoms with Crippen LogP contribution in [0.4, 0.5) is 13.2 Å². The highest BCUT2D eigenvalue weighted by Gasteiger charge is 2.30. The van der Waals surface area contributed by atoms with Crippen LogP contribution < -0.4 is 4.72 Å². The van der Waals surface area contributed by atoms with E-state index in [1.807, 2.05) is 0 Å². The van der Waals surface area contributed by atoms with Gasteiger partial charge in [-0.3, -0.25) is 0 Å². The van der Waals surface area contributed by atoms with Gasteiger partial charge in [0.25, 0.3) is 10.0 Å². The molecule has 1 aromatic carbocycles. The summed E-state index contributed by atoms with van der Waals surface area (Å²) in [5.74, 6) is 4.96. The van der Waals surface area contributed by atoms with Gasteiger partial charge in [-0.1, -0.05) is 29.5 Å². The first kappa shape index (κ1) is 17.8. The molecule has 2 rings (SSSR count). The molecule has 9 heteroatoms. The molecule has 0 saturated heterocycles. The highest BCUT2D eigenvalue weighted by Crippen LogP contribution is 2.29. The lowest BCUT2D eigenvalue weighted by atomic mass is 10.1. The molecule has 0 aliphatic carbocycles. The molecule has 3 nitrogen and oxygen atoms in total. The number of sulfonamides is 1. The van der Waals surface area contributed by atoms with E-state index in [4.69, 9.17) is 11.6 Å². The van der Waals surface area contributed by atoms with Crippen LogP contribution in [0, 0.1) is 11.8 Å². The molecular formula is C14H9ClF3NO2S2. The fraction of sp³-hybridized carbons (Fsp3) is 0.143. The van der Waals surface area contributed by atoms with Gasteiger partial charge in [0.15, 0.2) is 0 Å². The summed E-state index contributed by atoms with van der Waals surface area (Å²) in [4.78, 5) is 0. The van der Waals surface area contributed by atoms with Crippen molar-refractivity contribution in [1.82, 2.24) is 4.72 Å². The van der Waals surface area contributed by atoms with Crippen molar-refractivity contribution in [2.75, 3.05) is 6.54 Å². The first-order chi connectivity index (χ1) is 10.7. The van der Waals surface area contributed by atoms with Crippen molar-refractivity contribution < 1.29 is 21.6 Å². The van der Waals surface area contributed by atoms with E-state index < -0.39 is 21.8 Å². The highest BCUT2D eigenvalue weighted by atomic mass is 35.5. The molecule has 23 heavy (non-hydrogen) atoms. The molecule has 0 atom stereocenters. The molecular weight excluding hydrogens is 371 g/mol. The fourth-order valence-electron chi connectivity index (χ4n) is 1.56. The maximum absolute atomic E-state index is 12.6. The van der Waals surface area contributed by atoms with Gasteiger partial charge in [0, 0.05) is 5.56 Å². The van der Waals surface area contributed by atoms with Crippen LogP contribution in [0.2, 0.25) is 4.34 Å². The fourth-order valence-corrected chi connectivity index (χ4v) is 4.01. The van der Waals surface area contributed by atoms with Gasteiger partial charge in [0.1, 0.15) is 4.21 Å². The second-order valence-electron chi connectivity index (χ2n) is 4.26. The summed E-state index contributed by atoms with van der Waals surface area (Å²) in [5.41, 5.74) is -0.656. The lowest BCUT2D eigenvalue weighted by Crippen LogP contribution is -2.23. The normalized spacial score (nSPS) is 11.8. The van der Waals surface area contributed by atoms with Crippen molar-refractivity contribution in [1.29, 1.82) is 0 Å². The Morgan fingerprint density at radius 1 is 1.22 bits per heavy atom. The Bertz CT molecular complexity index is 864. The van der Waals surface area contributed by atoms with E-state index in [1.54, 1.807) is 0 Å². The second kappa shape index (κ2) is 6.93. The van der Waals surface area contributed by atoms with Crippen molar-refractivity contribution in [2.24, 2.45) is 0 Å². The Labute approximate surface area is 140 Å². The Kier molecular flexibility index (Phi) is 5.37. The molecule has 2 aromatic rings. The molecule has 0 aliphatic rings. The molecule has 0 bridgehead atoms. The third-order valence-corrected chi connectivity index (χ3v) is 5.71. The third-order valence-electron chi connectivity index (χ3n) is 2.59. The third kappa shape index (κ3) is 4.97. The first-order valence-corrected chi connectivity index (χ1v) is 8.77. The minimum absolute atomic E-state index is 0.0448. The number of hydrogen-bond acceptors (Lipinski definition) is 3. The van der Waals surface area contributed by atoms with Crippen LogP contribution in [0.25, 0.3) is 0 Å². The average molecular weight is 380 g/mol. The Balaban J connectivity index is 2.04. The number of nitrogens with one attached hydrogen (secondary N) is 1. The van der Waals surface area contributed by atoms with Gasteiger partial charge in [-0.25, -0.2) is 8.42 Å². The number of benzene rings is 1. The van der Waals surface area contributed by atoms with Gasteiger partial charge in [0.2, 0.25) is 0 Å². The number of alkyl halides is 3. The zero-order valence-electron chi connectivity index (χ0n) is 11.3. The highest BCUT2D eigenvalue weighted by molar-refractivity contribution is 7.91. The maximum Gasteiger partial charge on any atom is 0.416 e. The number of thiophene rings is 1. The standard InChI is InChI=1S/C14H9ClF3NO2S2/c15-12-6-7-13(22-12)23(20,21)19-8-2-4-10-3-1-5-11(9-10)14(16,17)18/h1,3,5-7,9,19H,8H2. The van der Waals surface area contributed by atoms with Crippen molar-refractivity contribution in [3.8, 4) is 11.8 Å².